The molecule has 0 radical (unpaired) electrons. The largest absolute Gasteiger partial charge is 0.352 e. The summed E-state index contributed by atoms with van der Waals surface area (Å²) in [5.74, 6) is 0.339. The Kier molecular flexibility index (Phi) is 6.09. The van der Waals surface area contributed by atoms with Crippen LogP contribution in [-0.2, 0) is 6.42 Å². The van der Waals surface area contributed by atoms with Gasteiger partial charge in [-0.2, -0.15) is 0 Å². The van der Waals surface area contributed by atoms with Crippen molar-refractivity contribution in [3.05, 3.63) is 53.3 Å². The van der Waals surface area contributed by atoms with Gasteiger partial charge in [0, 0.05) is 18.3 Å². The Balaban J connectivity index is 1.95. The molecule has 0 aliphatic heterocycles. The molecule has 1 amide bonds. The molecule has 23 heavy (non-hydrogen) atoms. The Morgan fingerprint density at radius 3 is 2.65 bits per heavy atom. The van der Waals surface area contributed by atoms with Gasteiger partial charge in [-0.3, -0.25) is 4.79 Å². The van der Waals surface area contributed by atoms with Gasteiger partial charge in [0.25, 0.3) is 5.91 Å². The van der Waals surface area contributed by atoms with Crippen LogP contribution in [0, 0.1) is 6.92 Å². The highest BCUT2D eigenvalue weighted by Gasteiger charge is 2.11. The van der Waals surface area contributed by atoms with Crippen LogP contribution in [0.1, 0.15) is 42.0 Å². The lowest BCUT2D eigenvalue weighted by Gasteiger charge is -2.12. The van der Waals surface area contributed by atoms with Gasteiger partial charge in [-0.1, -0.05) is 37.3 Å². The first-order valence-corrected chi connectivity index (χ1v) is 8.03. The van der Waals surface area contributed by atoms with Gasteiger partial charge in [0.2, 0.25) is 5.95 Å². The number of carbonyl (C=O) groups is 1. The van der Waals surface area contributed by atoms with Gasteiger partial charge >= 0.3 is 0 Å². The molecule has 1 aromatic carbocycles. The highest BCUT2D eigenvalue weighted by atomic mass is 16.1. The van der Waals surface area contributed by atoms with E-state index < -0.39 is 0 Å². The van der Waals surface area contributed by atoms with Crippen LogP contribution in [0.5, 0.6) is 0 Å². The van der Waals surface area contributed by atoms with E-state index in [-0.39, 0.29) is 11.9 Å². The van der Waals surface area contributed by atoms with Gasteiger partial charge < -0.3 is 10.6 Å². The third-order valence-electron chi connectivity index (χ3n) is 3.62. The third-order valence-corrected chi connectivity index (χ3v) is 3.62. The summed E-state index contributed by atoms with van der Waals surface area (Å²) in [6.45, 7) is 6.60. The van der Waals surface area contributed by atoms with Crippen molar-refractivity contribution in [2.24, 2.45) is 0 Å². The lowest BCUT2D eigenvalue weighted by molar-refractivity contribution is 0.0949. The molecule has 0 aliphatic rings. The summed E-state index contributed by atoms with van der Waals surface area (Å²) < 4.78 is 0. The second-order valence-corrected chi connectivity index (χ2v) is 5.66. The van der Waals surface area contributed by atoms with E-state index >= 15 is 0 Å². The zero-order valence-corrected chi connectivity index (χ0v) is 14.0. The fourth-order valence-corrected chi connectivity index (χ4v) is 2.13. The molecule has 122 valence electrons. The minimum atomic E-state index is -0.168. The summed E-state index contributed by atoms with van der Waals surface area (Å²) in [6, 6.07) is 12.1. The third kappa shape index (κ3) is 5.36. The number of hydrogen-bond acceptors (Lipinski definition) is 4. The molecule has 0 spiro atoms. The molecule has 1 unspecified atom stereocenters. The number of hydrogen-bond donors (Lipinski definition) is 2. The average Bonchev–Trinajstić information content (AvgIpc) is 2.55. The van der Waals surface area contributed by atoms with Crippen LogP contribution < -0.4 is 10.6 Å². The molecule has 5 nitrogen and oxygen atoms in total. The van der Waals surface area contributed by atoms with Gasteiger partial charge in [-0.15, -0.1) is 0 Å². The Bertz CT molecular complexity index is 643. The number of rotatable bonds is 7. The molecule has 1 atom stereocenters. The van der Waals surface area contributed by atoms with Gasteiger partial charge in [0.15, 0.2) is 0 Å². The number of nitrogens with one attached hydrogen (secondary N) is 2. The first kappa shape index (κ1) is 16.9. The number of aromatic nitrogens is 2. The SMILES string of the molecule is CCC(C)Nc1nc(C)cc(C(=O)NCCc2ccccc2)n1. The molecule has 1 aromatic heterocycles. The quantitative estimate of drug-likeness (QED) is 0.825. The molecule has 0 saturated carbocycles. The maximum atomic E-state index is 12.3. The van der Waals surface area contributed by atoms with Crippen molar-refractivity contribution in [2.75, 3.05) is 11.9 Å². The lowest BCUT2D eigenvalue weighted by atomic mass is 10.1. The summed E-state index contributed by atoms with van der Waals surface area (Å²) in [5.41, 5.74) is 2.38. The molecular weight excluding hydrogens is 288 g/mol. The fraction of sp³-hybridized carbons (Fsp3) is 0.389. The van der Waals surface area contributed by atoms with Crippen LogP contribution in [0.2, 0.25) is 0 Å². The molecule has 5 heteroatoms. The first-order chi connectivity index (χ1) is 11.1. The van der Waals surface area contributed by atoms with E-state index in [1.165, 1.54) is 5.56 Å². The van der Waals surface area contributed by atoms with Crippen molar-refractivity contribution in [3.63, 3.8) is 0 Å². The topological polar surface area (TPSA) is 66.9 Å². The second-order valence-electron chi connectivity index (χ2n) is 5.66. The predicted molar refractivity (Wildman–Crippen MR) is 92.6 cm³/mol. The molecule has 1 heterocycles. The Morgan fingerprint density at radius 2 is 1.96 bits per heavy atom. The molecule has 0 bridgehead atoms. The summed E-state index contributed by atoms with van der Waals surface area (Å²) in [7, 11) is 0. The minimum absolute atomic E-state index is 0.168. The number of anilines is 1. The summed E-state index contributed by atoms with van der Waals surface area (Å²) in [4.78, 5) is 20.9. The van der Waals surface area contributed by atoms with Gasteiger partial charge in [-0.25, -0.2) is 9.97 Å². The van der Waals surface area contributed by atoms with Crippen molar-refractivity contribution >= 4 is 11.9 Å². The molecule has 2 rings (SSSR count). The maximum Gasteiger partial charge on any atom is 0.270 e. The van der Waals surface area contributed by atoms with E-state index in [0.717, 1.165) is 18.5 Å². The fourth-order valence-electron chi connectivity index (χ4n) is 2.13. The Morgan fingerprint density at radius 1 is 1.22 bits per heavy atom. The second kappa shape index (κ2) is 8.27. The summed E-state index contributed by atoms with van der Waals surface area (Å²) >= 11 is 0. The van der Waals surface area contributed by atoms with Crippen molar-refractivity contribution in [1.29, 1.82) is 0 Å². The van der Waals surface area contributed by atoms with E-state index in [1.54, 1.807) is 6.07 Å². The lowest BCUT2D eigenvalue weighted by Crippen LogP contribution is -2.27. The standard InChI is InChI=1S/C18H24N4O/c1-4-13(2)20-18-21-14(3)12-16(22-18)17(23)19-11-10-15-8-6-5-7-9-15/h5-9,12-13H,4,10-11H2,1-3H3,(H,19,23)(H,20,21,22). The van der Waals surface area contributed by atoms with E-state index in [2.05, 4.69) is 46.6 Å². The number of aryl methyl sites for hydroxylation is 1. The van der Waals surface area contributed by atoms with Gasteiger partial charge in [0.05, 0.1) is 0 Å². The molecule has 0 aliphatic carbocycles. The van der Waals surface area contributed by atoms with Crippen LogP contribution in [0.4, 0.5) is 5.95 Å². The van der Waals surface area contributed by atoms with Crippen molar-refractivity contribution in [3.8, 4) is 0 Å². The summed E-state index contributed by atoms with van der Waals surface area (Å²) in [5, 5.41) is 6.12. The van der Waals surface area contributed by atoms with Crippen LogP contribution in [0.3, 0.4) is 0 Å². The van der Waals surface area contributed by atoms with Crippen LogP contribution in [0.15, 0.2) is 36.4 Å². The average molecular weight is 312 g/mol. The van der Waals surface area contributed by atoms with E-state index in [0.29, 0.717) is 18.2 Å². The van der Waals surface area contributed by atoms with E-state index in [4.69, 9.17) is 0 Å². The van der Waals surface area contributed by atoms with Crippen molar-refractivity contribution in [1.82, 2.24) is 15.3 Å². The number of amides is 1. The van der Waals surface area contributed by atoms with Crippen LogP contribution in [0.25, 0.3) is 0 Å². The zero-order chi connectivity index (χ0) is 16.7. The van der Waals surface area contributed by atoms with Gasteiger partial charge in [0.1, 0.15) is 5.69 Å². The molecule has 0 fully saturated rings. The Labute approximate surface area is 137 Å². The monoisotopic (exact) mass is 312 g/mol. The molecular formula is C18H24N4O. The number of carbonyl (C=O) groups excluding carboxylic acids is 1. The molecule has 0 saturated heterocycles. The highest BCUT2D eigenvalue weighted by molar-refractivity contribution is 5.92. The Hall–Kier alpha value is -2.43. The van der Waals surface area contributed by atoms with Crippen molar-refractivity contribution < 1.29 is 4.79 Å². The summed E-state index contributed by atoms with van der Waals surface area (Å²) in [6.07, 6.45) is 1.77. The van der Waals surface area contributed by atoms with Crippen molar-refractivity contribution in [2.45, 2.75) is 39.7 Å². The first-order valence-electron chi connectivity index (χ1n) is 8.03. The van der Waals surface area contributed by atoms with Crippen LogP contribution in [-0.4, -0.2) is 28.5 Å². The van der Waals surface area contributed by atoms with E-state index in [1.807, 2.05) is 25.1 Å². The maximum absolute atomic E-state index is 12.3. The molecule has 2 aromatic rings. The molecule has 2 N–H and O–H groups in total. The number of nitrogens with zero attached hydrogens (tertiary/aromatic N) is 2. The normalized spacial score (nSPS) is 11.8. The smallest absolute Gasteiger partial charge is 0.270 e. The number of benzene rings is 1. The minimum Gasteiger partial charge on any atom is -0.352 e. The zero-order valence-electron chi connectivity index (χ0n) is 14.0. The van der Waals surface area contributed by atoms with Crippen LogP contribution >= 0.6 is 0 Å². The predicted octanol–water partition coefficient (Wildman–Crippen LogP) is 2.97. The highest BCUT2D eigenvalue weighted by Crippen LogP contribution is 2.07. The van der Waals surface area contributed by atoms with E-state index in [9.17, 15) is 4.79 Å². The van der Waals surface area contributed by atoms with Gasteiger partial charge in [-0.05, 0) is 38.3 Å².